The van der Waals surface area contributed by atoms with Crippen molar-refractivity contribution in [1.29, 1.82) is 0 Å². The van der Waals surface area contributed by atoms with E-state index >= 15 is 0 Å². The van der Waals surface area contributed by atoms with Gasteiger partial charge in [-0.25, -0.2) is 15.0 Å². The van der Waals surface area contributed by atoms with Crippen molar-refractivity contribution in [1.82, 2.24) is 15.0 Å². The van der Waals surface area contributed by atoms with E-state index in [9.17, 15) is 0 Å². The van der Waals surface area contributed by atoms with Gasteiger partial charge in [0.25, 0.3) is 0 Å². The first-order chi connectivity index (χ1) is 16.3. The molecule has 0 spiro atoms. The van der Waals surface area contributed by atoms with E-state index in [2.05, 4.69) is 36.4 Å². The van der Waals surface area contributed by atoms with E-state index in [0.29, 0.717) is 23.2 Å². The SMILES string of the molecule is C1=CC(c2ccccc2-c2nc(-c3ccccc3)nc(-c3cc4ccccc4o3)n2)=CCC1. The standard InChI is InChI=1S/C29H21N3O/c1-3-11-20(12-4-1)23-16-8-9-17-24(23)28-30-27(21-13-5-2-6-14-21)31-29(32-28)26-19-22-15-7-10-18-25(22)33-26/h2-3,5-19H,1,4H2. The Morgan fingerprint density at radius 1 is 0.636 bits per heavy atom. The Hall–Kier alpha value is -4.31. The molecule has 0 saturated heterocycles. The third kappa shape index (κ3) is 3.76. The van der Waals surface area contributed by atoms with Crippen molar-refractivity contribution >= 4 is 16.5 Å². The normalized spacial score (nSPS) is 13.3. The minimum absolute atomic E-state index is 0.526. The Morgan fingerprint density at radius 3 is 2.18 bits per heavy atom. The highest BCUT2D eigenvalue weighted by Gasteiger charge is 2.18. The van der Waals surface area contributed by atoms with Gasteiger partial charge in [-0.05, 0) is 36.1 Å². The number of benzene rings is 3. The first-order valence-corrected chi connectivity index (χ1v) is 11.1. The van der Waals surface area contributed by atoms with E-state index in [0.717, 1.165) is 40.5 Å². The van der Waals surface area contributed by atoms with E-state index in [-0.39, 0.29) is 0 Å². The summed E-state index contributed by atoms with van der Waals surface area (Å²) in [5.41, 5.74) is 5.05. The van der Waals surface area contributed by atoms with Gasteiger partial charge in [-0.3, -0.25) is 0 Å². The third-order valence-corrected chi connectivity index (χ3v) is 5.79. The number of nitrogens with zero attached hydrogens (tertiary/aromatic N) is 3. The first kappa shape index (κ1) is 19.4. The van der Waals surface area contributed by atoms with Crippen LogP contribution in [0.2, 0.25) is 0 Å². The van der Waals surface area contributed by atoms with Crippen LogP contribution >= 0.6 is 0 Å². The number of aromatic nitrogens is 3. The molecule has 2 heterocycles. The minimum atomic E-state index is 0.526. The second kappa shape index (κ2) is 8.32. The summed E-state index contributed by atoms with van der Waals surface area (Å²) in [6.45, 7) is 0. The zero-order chi connectivity index (χ0) is 22.0. The molecule has 6 rings (SSSR count). The van der Waals surface area contributed by atoms with Crippen molar-refractivity contribution in [3.63, 3.8) is 0 Å². The maximum atomic E-state index is 6.11. The van der Waals surface area contributed by atoms with Crippen LogP contribution in [-0.4, -0.2) is 15.0 Å². The fraction of sp³-hybridized carbons (Fsp3) is 0.0690. The summed E-state index contributed by atoms with van der Waals surface area (Å²) >= 11 is 0. The van der Waals surface area contributed by atoms with Crippen LogP contribution < -0.4 is 0 Å². The number of rotatable bonds is 4. The van der Waals surface area contributed by atoms with Gasteiger partial charge in [0, 0.05) is 16.5 Å². The number of furan rings is 1. The molecule has 33 heavy (non-hydrogen) atoms. The van der Waals surface area contributed by atoms with E-state index in [1.807, 2.05) is 66.7 Å². The second-order valence-corrected chi connectivity index (χ2v) is 8.01. The molecule has 0 atom stereocenters. The predicted molar refractivity (Wildman–Crippen MR) is 132 cm³/mol. The minimum Gasteiger partial charge on any atom is -0.453 e. The van der Waals surface area contributed by atoms with Crippen LogP contribution in [0.4, 0.5) is 0 Å². The van der Waals surface area contributed by atoms with Crippen LogP contribution in [0.1, 0.15) is 18.4 Å². The lowest BCUT2D eigenvalue weighted by molar-refractivity contribution is 0.625. The fourth-order valence-corrected chi connectivity index (χ4v) is 4.16. The van der Waals surface area contributed by atoms with Gasteiger partial charge in [0.15, 0.2) is 23.2 Å². The lowest BCUT2D eigenvalue weighted by Gasteiger charge is -2.13. The van der Waals surface area contributed by atoms with E-state index < -0.39 is 0 Å². The van der Waals surface area contributed by atoms with E-state index in [4.69, 9.17) is 19.4 Å². The average Bonchev–Trinajstić information content (AvgIpc) is 3.34. The molecule has 0 amide bonds. The van der Waals surface area contributed by atoms with Crippen molar-refractivity contribution in [3.05, 3.63) is 109 Å². The molecular weight excluding hydrogens is 406 g/mol. The fourth-order valence-electron chi connectivity index (χ4n) is 4.16. The van der Waals surface area contributed by atoms with Crippen LogP contribution in [0.5, 0.6) is 0 Å². The summed E-state index contributed by atoms with van der Waals surface area (Å²) < 4.78 is 6.11. The van der Waals surface area contributed by atoms with Crippen LogP contribution in [-0.2, 0) is 0 Å². The van der Waals surface area contributed by atoms with Gasteiger partial charge >= 0.3 is 0 Å². The summed E-state index contributed by atoms with van der Waals surface area (Å²) in [6, 6.07) is 28.2. The highest BCUT2D eigenvalue weighted by molar-refractivity contribution is 5.85. The Labute approximate surface area is 192 Å². The first-order valence-electron chi connectivity index (χ1n) is 11.1. The smallest absolute Gasteiger partial charge is 0.199 e. The highest BCUT2D eigenvalue weighted by atomic mass is 16.3. The number of hydrogen-bond donors (Lipinski definition) is 0. The molecule has 158 valence electrons. The van der Waals surface area contributed by atoms with Gasteiger partial charge in [0.1, 0.15) is 5.58 Å². The summed E-state index contributed by atoms with van der Waals surface area (Å²) in [7, 11) is 0. The maximum Gasteiger partial charge on any atom is 0.199 e. The Bertz CT molecular complexity index is 1480. The van der Waals surface area contributed by atoms with Gasteiger partial charge in [0.05, 0.1) is 0 Å². The summed E-state index contributed by atoms with van der Waals surface area (Å²) in [6.07, 6.45) is 8.79. The summed E-state index contributed by atoms with van der Waals surface area (Å²) in [4.78, 5) is 14.6. The molecule has 0 bridgehead atoms. The number of para-hydroxylation sites is 1. The van der Waals surface area contributed by atoms with Gasteiger partial charge in [0.2, 0.25) is 0 Å². The predicted octanol–water partition coefficient (Wildman–Crippen LogP) is 7.35. The van der Waals surface area contributed by atoms with Crippen LogP contribution in [0.15, 0.2) is 108 Å². The van der Waals surface area contributed by atoms with Crippen molar-refractivity contribution in [2.45, 2.75) is 12.8 Å². The van der Waals surface area contributed by atoms with Crippen molar-refractivity contribution < 1.29 is 4.42 Å². The quantitative estimate of drug-likeness (QED) is 0.301. The topological polar surface area (TPSA) is 51.8 Å². The van der Waals surface area contributed by atoms with Crippen LogP contribution in [0.3, 0.4) is 0 Å². The third-order valence-electron chi connectivity index (χ3n) is 5.79. The lowest BCUT2D eigenvalue weighted by Crippen LogP contribution is -2.01. The molecule has 1 aliphatic carbocycles. The van der Waals surface area contributed by atoms with Gasteiger partial charge in [-0.15, -0.1) is 0 Å². The highest BCUT2D eigenvalue weighted by Crippen LogP contribution is 2.33. The van der Waals surface area contributed by atoms with Crippen LogP contribution in [0.25, 0.3) is 50.9 Å². The molecule has 0 unspecified atom stereocenters. The van der Waals surface area contributed by atoms with Gasteiger partial charge in [-0.1, -0.05) is 91.0 Å². The molecule has 2 aromatic heterocycles. The molecule has 1 aliphatic rings. The van der Waals surface area contributed by atoms with Crippen LogP contribution in [0, 0.1) is 0 Å². The van der Waals surface area contributed by atoms with E-state index in [1.165, 1.54) is 5.57 Å². The second-order valence-electron chi connectivity index (χ2n) is 8.01. The Balaban J connectivity index is 1.56. The average molecular weight is 428 g/mol. The van der Waals surface area contributed by atoms with Gasteiger partial charge in [-0.2, -0.15) is 0 Å². The van der Waals surface area contributed by atoms with Crippen molar-refractivity contribution in [2.24, 2.45) is 0 Å². The summed E-state index contributed by atoms with van der Waals surface area (Å²) in [5.74, 6) is 2.41. The molecule has 0 radical (unpaired) electrons. The number of allylic oxidation sites excluding steroid dienone is 4. The van der Waals surface area contributed by atoms with Crippen molar-refractivity contribution in [3.8, 4) is 34.4 Å². The molecule has 4 heteroatoms. The molecule has 3 aromatic carbocycles. The lowest BCUT2D eigenvalue weighted by atomic mass is 9.95. The summed E-state index contributed by atoms with van der Waals surface area (Å²) in [5, 5.41) is 1.02. The zero-order valence-electron chi connectivity index (χ0n) is 18.0. The molecule has 0 saturated carbocycles. The zero-order valence-corrected chi connectivity index (χ0v) is 18.0. The molecule has 5 aromatic rings. The molecular formula is C29H21N3O. The molecule has 0 aliphatic heterocycles. The maximum absolute atomic E-state index is 6.11. The Kier molecular flexibility index (Phi) is 4.89. The van der Waals surface area contributed by atoms with Crippen molar-refractivity contribution in [2.75, 3.05) is 0 Å². The van der Waals surface area contributed by atoms with E-state index in [1.54, 1.807) is 0 Å². The number of fused-ring (bicyclic) bond motifs is 1. The largest absolute Gasteiger partial charge is 0.453 e. The van der Waals surface area contributed by atoms with Gasteiger partial charge < -0.3 is 4.42 Å². The molecule has 0 N–H and O–H groups in total. The monoisotopic (exact) mass is 427 g/mol. The molecule has 0 fully saturated rings. The number of hydrogen-bond acceptors (Lipinski definition) is 4. The Morgan fingerprint density at radius 2 is 1.36 bits per heavy atom. The molecule has 4 nitrogen and oxygen atoms in total.